The maximum Gasteiger partial charge on any atom is 0.235 e. The average Bonchev–Trinajstić information content (AvgIpc) is 3.21. The number of para-hydroxylation sites is 1. The van der Waals surface area contributed by atoms with E-state index in [0.717, 1.165) is 48.7 Å². The molecule has 2 saturated heterocycles. The van der Waals surface area contributed by atoms with Crippen LogP contribution in [0.3, 0.4) is 0 Å². The number of hydrogen-bond donors (Lipinski definition) is 1. The van der Waals surface area contributed by atoms with Crippen molar-refractivity contribution in [3.8, 4) is 0 Å². The number of amides is 2. The van der Waals surface area contributed by atoms with Crippen molar-refractivity contribution in [2.45, 2.75) is 83.1 Å². The van der Waals surface area contributed by atoms with Crippen molar-refractivity contribution in [3.63, 3.8) is 0 Å². The van der Waals surface area contributed by atoms with Gasteiger partial charge in [0.05, 0.1) is 22.8 Å². The highest BCUT2D eigenvalue weighted by atomic mass is 16.2. The van der Waals surface area contributed by atoms with Gasteiger partial charge in [-0.15, -0.1) is 0 Å². The number of hydrogen-bond acceptors (Lipinski definition) is 5. The van der Waals surface area contributed by atoms with Crippen LogP contribution in [0.25, 0.3) is 10.9 Å². The van der Waals surface area contributed by atoms with Gasteiger partial charge in [0.1, 0.15) is 0 Å². The number of piperazine rings is 1. The van der Waals surface area contributed by atoms with Crippen LogP contribution in [0.4, 0.5) is 5.69 Å². The Hall–Kier alpha value is -2.41. The van der Waals surface area contributed by atoms with E-state index in [2.05, 4.69) is 40.2 Å². The van der Waals surface area contributed by atoms with E-state index in [0.29, 0.717) is 18.9 Å². The Morgan fingerprint density at radius 2 is 1.83 bits per heavy atom. The number of carbonyl (C=O) groups excluding carboxylic acids is 2. The van der Waals surface area contributed by atoms with Crippen LogP contribution in [0.15, 0.2) is 18.2 Å². The molecule has 5 rings (SSSR count). The van der Waals surface area contributed by atoms with Crippen molar-refractivity contribution in [1.82, 2.24) is 20.0 Å². The molecular weight excluding hydrogens is 438 g/mol. The lowest BCUT2D eigenvalue weighted by Crippen LogP contribution is -2.49. The number of nitrogens with one attached hydrogen (secondary N) is 1. The number of piperidine rings is 1. The highest BCUT2D eigenvalue weighted by Gasteiger charge is 2.32. The monoisotopic (exact) mass is 479 g/mol. The molecule has 0 spiro atoms. The van der Waals surface area contributed by atoms with E-state index in [1.165, 1.54) is 57.1 Å². The van der Waals surface area contributed by atoms with Gasteiger partial charge in [-0.25, -0.2) is 0 Å². The van der Waals surface area contributed by atoms with Gasteiger partial charge in [0.15, 0.2) is 0 Å². The van der Waals surface area contributed by atoms with Crippen LogP contribution in [-0.4, -0.2) is 58.7 Å². The Morgan fingerprint density at radius 1 is 1.06 bits per heavy atom. The van der Waals surface area contributed by atoms with Gasteiger partial charge in [-0.1, -0.05) is 57.1 Å². The molecule has 7 nitrogen and oxygen atoms in total. The van der Waals surface area contributed by atoms with Crippen LogP contribution in [0.1, 0.15) is 82.7 Å². The summed E-state index contributed by atoms with van der Waals surface area (Å²) in [5, 5.41) is 8.28. The molecule has 2 amide bonds. The van der Waals surface area contributed by atoms with Crippen molar-refractivity contribution >= 4 is 28.4 Å². The van der Waals surface area contributed by atoms with Crippen molar-refractivity contribution in [3.05, 3.63) is 23.9 Å². The van der Waals surface area contributed by atoms with Gasteiger partial charge in [0, 0.05) is 51.1 Å². The first kappa shape index (κ1) is 24.3. The maximum absolute atomic E-state index is 12.5. The van der Waals surface area contributed by atoms with Crippen molar-refractivity contribution in [2.75, 3.05) is 31.1 Å². The van der Waals surface area contributed by atoms with Gasteiger partial charge in [-0.2, -0.15) is 5.10 Å². The van der Waals surface area contributed by atoms with Crippen molar-refractivity contribution in [2.24, 2.45) is 13.0 Å². The zero-order chi connectivity index (χ0) is 24.4. The third kappa shape index (κ3) is 5.25. The molecule has 2 aliphatic heterocycles. The largest absolute Gasteiger partial charge is 0.367 e. The molecule has 0 radical (unpaired) electrons. The van der Waals surface area contributed by atoms with Gasteiger partial charge in [0.25, 0.3) is 0 Å². The van der Waals surface area contributed by atoms with E-state index in [4.69, 9.17) is 5.10 Å². The number of aromatic nitrogens is 2. The highest BCUT2D eigenvalue weighted by Crippen LogP contribution is 2.35. The van der Waals surface area contributed by atoms with E-state index in [1.54, 1.807) is 0 Å². The summed E-state index contributed by atoms with van der Waals surface area (Å²) < 4.78 is 1.92. The number of aryl methyl sites for hydroxylation is 1. The lowest BCUT2D eigenvalue weighted by atomic mass is 9.85. The summed E-state index contributed by atoms with van der Waals surface area (Å²) in [4.78, 5) is 29.3. The summed E-state index contributed by atoms with van der Waals surface area (Å²) in [6.45, 7) is 6.58. The minimum Gasteiger partial charge on any atom is -0.367 e. The van der Waals surface area contributed by atoms with Gasteiger partial charge in [-0.3, -0.25) is 24.5 Å². The van der Waals surface area contributed by atoms with Gasteiger partial charge in [-0.05, 0) is 31.7 Å². The fraction of sp³-hybridized carbons (Fsp3) is 0.679. The van der Waals surface area contributed by atoms with E-state index < -0.39 is 0 Å². The predicted octanol–water partition coefficient (Wildman–Crippen LogP) is 4.35. The Kier molecular flexibility index (Phi) is 7.42. The normalized spacial score (nSPS) is 23.6. The van der Waals surface area contributed by atoms with Crippen molar-refractivity contribution in [1.29, 1.82) is 0 Å². The number of carbonyl (C=O) groups is 2. The van der Waals surface area contributed by atoms with Crippen LogP contribution in [0.2, 0.25) is 0 Å². The van der Waals surface area contributed by atoms with Gasteiger partial charge < -0.3 is 4.90 Å². The number of fused-ring (bicyclic) bond motifs is 1. The Morgan fingerprint density at radius 3 is 2.57 bits per heavy atom. The van der Waals surface area contributed by atoms with Crippen LogP contribution in [0.5, 0.6) is 0 Å². The number of nitrogens with zero attached hydrogens (tertiary/aromatic N) is 4. The molecule has 190 valence electrons. The summed E-state index contributed by atoms with van der Waals surface area (Å²) in [5.41, 5.74) is 3.07. The summed E-state index contributed by atoms with van der Waals surface area (Å²) >= 11 is 0. The average molecular weight is 480 g/mol. The maximum atomic E-state index is 12.5. The molecule has 3 fully saturated rings. The Bertz CT molecular complexity index is 1050. The van der Waals surface area contributed by atoms with E-state index >= 15 is 0 Å². The lowest BCUT2D eigenvalue weighted by Gasteiger charge is -2.39. The molecular formula is C28H41N5O2. The lowest BCUT2D eigenvalue weighted by molar-refractivity contribution is -0.134. The Balaban J connectivity index is 1.22. The SMILES string of the molecule is CC(CCCC1CCCCC1)N1CCN(c2cccc3c(C4CCC(=O)NC4=O)nn(C)c23)CC1. The predicted molar refractivity (Wildman–Crippen MR) is 140 cm³/mol. The molecule has 3 heterocycles. The van der Waals surface area contributed by atoms with E-state index in [-0.39, 0.29) is 17.7 Å². The molecule has 3 aliphatic rings. The molecule has 0 bridgehead atoms. The van der Waals surface area contributed by atoms with E-state index in [9.17, 15) is 9.59 Å². The zero-order valence-corrected chi connectivity index (χ0v) is 21.5. The highest BCUT2D eigenvalue weighted by molar-refractivity contribution is 6.03. The molecule has 1 N–H and O–H groups in total. The molecule has 2 atom stereocenters. The topological polar surface area (TPSA) is 70.5 Å². The number of rotatable bonds is 7. The minimum atomic E-state index is -0.363. The summed E-state index contributed by atoms with van der Waals surface area (Å²) in [7, 11) is 1.96. The first-order valence-corrected chi connectivity index (χ1v) is 13.8. The van der Waals surface area contributed by atoms with Crippen LogP contribution in [0, 0.1) is 5.92 Å². The Labute approximate surface area is 209 Å². The standard InChI is InChI=1S/C28H41N5O2/c1-20(8-6-11-21-9-4-3-5-10-21)32-16-18-33(19-17-32)24-13-7-12-22-26(30-31(2)27(22)24)23-14-15-25(34)29-28(23)35/h7,12-13,20-21,23H,3-6,8-11,14-19H2,1-2H3,(H,29,34,35). The van der Waals surface area contributed by atoms with Crippen LogP contribution in [-0.2, 0) is 16.6 Å². The van der Waals surface area contributed by atoms with Crippen LogP contribution >= 0.6 is 0 Å². The molecule has 1 aromatic heterocycles. The third-order valence-electron chi connectivity index (χ3n) is 8.68. The van der Waals surface area contributed by atoms with Crippen LogP contribution < -0.4 is 10.2 Å². The van der Waals surface area contributed by atoms with Crippen molar-refractivity contribution < 1.29 is 9.59 Å². The molecule has 2 aromatic rings. The second kappa shape index (κ2) is 10.7. The summed E-state index contributed by atoms with van der Waals surface area (Å²) in [6.07, 6.45) is 12.2. The summed E-state index contributed by atoms with van der Waals surface area (Å²) in [6, 6.07) is 6.97. The molecule has 2 unspecified atom stereocenters. The summed E-state index contributed by atoms with van der Waals surface area (Å²) in [5.74, 6) is 0.209. The number of benzene rings is 1. The quantitative estimate of drug-likeness (QED) is 0.598. The van der Waals surface area contributed by atoms with E-state index in [1.807, 2.05) is 11.7 Å². The molecule has 1 saturated carbocycles. The number of anilines is 1. The fourth-order valence-electron chi connectivity index (χ4n) is 6.57. The molecule has 1 aliphatic carbocycles. The molecule has 35 heavy (non-hydrogen) atoms. The zero-order valence-electron chi connectivity index (χ0n) is 21.5. The molecule has 1 aromatic carbocycles. The van der Waals surface area contributed by atoms with Gasteiger partial charge in [0.2, 0.25) is 11.8 Å². The smallest absolute Gasteiger partial charge is 0.235 e. The first-order chi connectivity index (χ1) is 17.0. The second-order valence-corrected chi connectivity index (χ2v) is 11.0. The third-order valence-corrected chi connectivity index (χ3v) is 8.68. The fourth-order valence-corrected chi connectivity index (χ4v) is 6.57. The minimum absolute atomic E-state index is 0.187. The first-order valence-electron chi connectivity index (χ1n) is 13.8. The van der Waals surface area contributed by atoms with Gasteiger partial charge >= 0.3 is 0 Å². The number of imide groups is 1. The molecule has 7 heteroatoms. The second-order valence-electron chi connectivity index (χ2n) is 11.0.